The molecular formula is C27H17F2N3S. The molecule has 0 aliphatic carbocycles. The summed E-state index contributed by atoms with van der Waals surface area (Å²) in [4.78, 5) is 8.79. The van der Waals surface area contributed by atoms with Gasteiger partial charge in [0, 0.05) is 34.6 Å². The van der Waals surface area contributed by atoms with Crippen LogP contribution in [0.15, 0.2) is 90.6 Å². The van der Waals surface area contributed by atoms with Gasteiger partial charge < -0.3 is 4.57 Å². The molecule has 0 unspecified atom stereocenters. The maximum atomic E-state index is 14.1. The second-order valence-electron chi connectivity index (χ2n) is 7.88. The molecule has 33 heavy (non-hydrogen) atoms. The molecule has 6 rings (SSSR count). The van der Waals surface area contributed by atoms with Crippen molar-refractivity contribution < 1.29 is 8.78 Å². The lowest BCUT2D eigenvalue weighted by molar-refractivity contribution is 0.510. The fraction of sp³-hybridized carbons (Fsp3) is 0.0370. The van der Waals surface area contributed by atoms with Crippen molar-refractivity contribution in [3.63, 3.8) is 0 Å². The molecule has 0 atom stereocenters. The molecule has 0 spiro atoms. The Balaban J connectivity index is 1.27. The largest absolute Gasteiger partial charge is 0.348 e. The third kappa shape index (κ3) is 3.58. The van der Waals surface area contributed by atoms with Crippen LogP contribution in [-0.2, 0) is 6.54 Å². The van der Waals surface area contributed by atoms with E-state index in [9.17, 15) is 8.78 Å². The molecule has 2 aliphatic heterocycles. The molecule has 2 aliphatic rings. The van der Waals surface area contributed by atoms with Gasteiger partial charge in [-0.05, 0) is 40.8 Å². The normalized spacial score (nSPS) is 11.5. The second-order valence-corrected chi connectivity index (χ2v) is 8.79. The Morgan fingerprint density at radius 1 is 0.788 bits per heavy atom. The molecule has 1 aromatic heterocycles. The number of rotatable bonds is 4. The van der Waals surface area contributed by atoms with Gasteiger partial charge in [0.25, 0.3) is 0 Å². The topological polar surface area (TPSA) is 30.7 Å². The van der Waals surface area contributed by atoms with E-state index >= 15 is 0 Å². The van der Waals surface area contributed by atoms with Crippen LogP contribution in [-0.4, -0.2) is 14.5 Å². The predicted molar refractivity (Wildman–Crippen MR) is 128 cm³/mol. The minimum atomic E-state index is -0.931. The summed E-state index contributed by atoms with van der Waals surface area (Å²) in [5, 5.41) is 3.48. The number of thiophene rings is 1. The molecule has 0 saturated heterocycles. The van der Waals surface area contributed by atoms with Crippen LogP contribution >= 0.6 is 11.3 Å². The minimum absolute atomic E-state index is 0.0642. The number of imidazole rings is 1. The highest BCUT2D eigenvalue weighted by molar-refractivity contribution is 7.17. The Hall–Kier alpha value is -3.90. The Morgan fingerprint density at radius 3 is 2.48 bits per heavy atom. The Labute approximate surface area is 193 Å². The van der Waals surface area contributed by atoms with Gasteiger partial charge in [0.2, 0.25) is 0 Å². The van der Waals surface area contributed by atoms with Crippen molar-refractivity contribution in [3.8, 4) is 33.9 Å². The van der Waals surface area contributed by atoms with E-state index in [1.807, 2.05) is 23.0 Å². The second kappa shape index (κ2) is 7.90. The van der Waals surface area contributed by atoms with E-state index in [1.54, 1.807) is 11.3 Å². The first-order valence-electron chi connectivity index (χ1n) is 10.5. The molecule has 4 aromatic rings. The van der Waals surface area contributed by atoms with Crippen LogP contribution in [0.5, 0.6) is 0 Å². The zero-order chi connectivity index (χ0) is 22.4. The summed E-state index contributed by atoms with van der Waals surface area (Å²) in [6, 6.07) is 22.9. The highest BCUT2D eigenvalue weighted by Crippen LogP contribution is 2.34. The van der Waals surface area contributed by atoms with Crippen molar-refractivity contribution in [2.24, 2.45) is 0 Å². The number of hydrogen-bond acceptors (Lipinski definition) is 3. The van der Waals surface area contributed by atoms with Crippen molar-refractivity contribution in [1.82, 2.24) is 14.5 Å². The van der Waals surface area contributed by atoms with Crippen LogP contribution in [0.2, 0.25) is 0 Å². The van der Waals surface area contributed by atoms with Gasteiger partial charge in [0.05, 0.1) is 11.3 Å². The first-order chi connectivity index (χ1) is 16.2. The van der Waals surface area contributed by atoms with E-state index in [1.165, 1.54) is 33.3 Å². The van der Waals surface area contributed by atoms with E-state index in [2.05, 4.69) is 63.9 Å². The summed E-state index contributed by atoms with van der Waals surface area (Å²) in [7, 11) is 0. The summed E-state index contributed by atoms with van der Waals surface area (Å²) in [5.41, 5.74) is 4.94. The fourth-order valence-corrected chi connectivity index (χ4v) is 5.02. The highest BCUT2D eigenvalue weighted by atomic mass is 32.1. The zero-order valence-corrected chi connectivity index (χ0v) is 18.2. The first kappa shape index (κ1) is 19.8. The monoisotopic (exact) mass is 453 g/mol. The Morgan fingerprint density at radius 2 is 1.61 bits per heavy atom. The molecule has 0 fully saturated rings. The van der Waals surface area contributed by atoms with E-state index in [4.69, 9.17) is 0 Å². The Bertz CT molecular complexity index is 1570. The van der Waals surface area contributed by atoms with Crippen molar-refractivity contribution in [2.45, 2.75) is 6.54 Å². The van der Waals surface area contributed by atoms with Gasteiger partial charge in [-0.1, -0.05) is 48.5 Å². The number of hydrogen-bond donors (Lipinski definition) is 0. The molecule has 0 N–H and O–H groups in total. The maximum absolute atomic E-state index is 14.1. The predicted octanol–water partition coefficient (Wildman–Crippen LogP) is 7.26. The van der Waals surface area contributed by atoms with Gasteiger partial charge in [-0.15, -0.1) is 11.3 Å². The number of nitrogens with zero attached hydrogens (tertiary/aromatic N) is 3. The SMILES string of the molecule is Fc1cccc(-c2nc3ccn(Cc4ccc(-c5csc6ccccc56)cc4)cc-3n2)c1F. The van der Waals surface area contributed by atoms with Crippen LogP contribution in [0.4, 0.5) is 8.78 Å². The molecule has 0 amide bonds. The summed E-state index contributed by atoms with van der Waals surface area (Å²) < 4.78 is 31.0. The third-order valence-electron chi connectivity index (χ3n) is 5.73. The van der Waals surface area contributed by atoms with Crippen molar-refractivity contribution in [1.29, 1.82) is 0 Å². The van der Waals surface area contributed by atoms with E-state index in [0.717, 1.165) is 11.6 Å². The van der Waals surface area contributed by atoms with Crippen LogP contribution in [0, 0.1) is 11.6 Å². The molecule has 0 saturated carbocycles. The smallest absolute Gasteiger partial charge is 0.169 e. The minimum Gasteiger partial charge on any atom is -0.348 e. The summed E-state index contributed by atoms with van der Waals surface area (Å²) in [5.74, 6) is -1.65. The summed E-state index contributed by atoms with van der Waals surface area (Å²) in [6.45, 7) is 0.664. The number of halogens is 2. The zero-order valence-electron chi connectivity index (χ0n) is 17.4. The number of fused-ring (bicyclic) bond motifs is 2. The van der Waals surface area contributed by atoms with Crippen LogP contribution < -0.4 is 0 Å². The molecule has 0 radical (unpaired) electrons. The number of pyridine rings is 1. The third-order valence-corrected chi connectivity index (χ3v) is 6.69. The van der Waals surface area contributed by atoms with Crippen LogP contribution in [0.1, 0.15) is 5.56 Å². The lowest BCUT2D eigenvalue weighted by Crippen LogP contribution is -2.00. The molecule has 3 nitrogen and oxygen atoms in total. The van der Waals surface area contributed by atoms with Gasteiger partial charge in [0.15, 0.2) is 17.5 Å². The highest BCUT2D eigenvalue weighted by Gasteiger charge is 2.17. The van der Waals surface area contributed by atoms with E-state index in [0.29, 0.717) is 17.9 Å². The maximum Gasteiger partial charge on any atom is 0.169 e. The van der Waals surface area contributed by atoms with Gasteiger partial charge in [-0.3, -0.25) is 0 Å². The Kier molecular flexibility index (Phi) is 4.73. The van der Waals surface area contributed by atoms with Crippen molar-refractivity contribution >= 4 is 21.4 Å². The van der Waals surface area contributed by atoms with E-state index < -0.39 is 11.6 Å². The average molecular weight is 454 g/mol. The average Bonchev–Trinajstić information content (AvgIpc) is 3.45. The van der Waals surface area contributed by atoms with Gasteiger partial charge in [-0.25, -0.2) is 18.7 Å². The quantitative estimate of drug-likeness (QED) is 0.281. The number of aromatic nitrogens is 3. The van der Waals surface area contributed by atoms with Gasteiger partial charge in [0.1, 0.15) is 5.69 Å². The summed E-state index contributed by atoms with van der Waals surface area (Å²) in [6.07, 6.45) is 3.80. The molecule has 6 heteroatoms. The summed E-state index contributed by atoms with van der Waals surface area (Å²) >= 11 is 1.76. The van der Waals surface area contributed by atoms with Crippen LogP contribution in [0.3, 0.4) is 0 Å². The standard InChI is InChI=1S/C27H17F2N3S/c28-22-6-3-5-20(26(22)29)27-30-23-12-13-32(15-24(23)31-27)14-17-8-10-18(11-9-17)21-16-33-25-7-2-1-4-19(21)25/h1-13,15-16H,14H2. The molecule has 3 heterocycles. The van der Waals surface area contributed by atoms with E-state index in [-0.39, 0.29) is 11.4 Å². The lowest BCUT2D eigenvalue weighted by Gasteiger charge is -2.09. The molecule has 0 bridgehead atoms. The van der Waals surface area contributed by atoms with Crippen molar-refractivity contribution in [3.05, 3.63) is 108 Å². The van der Waals surface area contributed by atoms with Crippen LogP contribution in [0.25, 0.3) is 44.0 Å². The molecule has 160 valence electrons. The van der Waals surface area contributed by atoms with Crippen molar-refractivity contribution in [2.75, 3.05) is 0 Å². The fourth-order valence-electron chi connectivity index (χ4n) is 4.05. The molecule has 3 aromatic carbocycles. The lowest BCUT2D eigenvalue weighted by atomic mass is 10.0. The van der Waals surface area contributed by atoms with Gasteiger partial charge >= 0.3 is 0 Å². The number of benzene rings is 3. The molecular weight excluding hydrogens is 436 g/mol. The first-order valence-corrected chi connectivity index (χ1v) is 11.4. The van der Waals surface area contributed by atoms with Gasteiger partial charge in [-0.2, -0.15) is 0 Å².